The number of ketones is 1. The van der Waals surface area contributed by atoms with Crippen molar-refractivity contribution >= 4 is 28.8 Å². The maximum atomic E-state index is 11.4. The molecular weight excluding hydrogens is 312 g/mol. The number of hydrogen-bond donors (Lipinski definition) is 1. The quantitative estimate of drug-likeness (QED) is 0.670. The van der Waals surface area contributed by atoms with E-state index in [4.69, 9.17) is 0 Å². The maximum absolute atomic E-state index is 11.4. The molecule has 0 unspecified atom stereocenters. The topological polar surface area (TPSA) is 58.1 Å². The van der Waals surface area contributed by atoms with Crippen LogP contribution >= 0.6 is 0 Å². The fourth-order valence-electron chi connectivity index (χ4n) is 2.58. The van der Waals surface area contributed by atoms with E-state index in [0.717, 1.165) is 23.7 Å². The number of para-hydroxylation sites is 1. The van der Waals surface area contributed by atoms with Gasteiger partial charge < -0.3 is 10.2 Å². The number of nitrogens with one attached hydrogen (secondary N) is 1. The zero-order valence-corrected chi connectivity index (χ0v) is 14.3. The van der Waals surface area contributed by atoms with Gasteiger partial charge in [-0.05, 0) is 50.2 Å². The van der Waals surface area contributed by atoms with Gasteiger partial charge in [-0.1, -0.05) is 18.2 Å². The first-order chi connectivity index (χ1) is 12.2. The summed E-state index contributed by atoms with van der Waals surface area (Å²) in [6.45, 7) is 4.44. The molecule has 0 spiro atoms. The van der Waals surface area contributed by atoms with Gasteiger partial charge in [-0.25, -0.2) is 9.97 Å². The van der Waals surface area contributed by atoms with Gasteiger partial charge in [0.25, 0.3) is 0 Å². The van der Waals surface area contributed by atoms with Crippen LogP contribution in [0, 0.1) is 0 Å². The Labute approximate surface area is 147 Å². The van der Waals surface area contributed by atoms with E-state index in [1.807, 2.05) is 36.4 Å². The highest BCUT2D eigenvalue weighted by Crippen LogP contribution is 2.25. The second kappa shape index (κ2) is 7.57. The lowest BCUT2D eigenvalue weighted by Gasteiger charge is -2.22. The summed E-state index contributed by atoms with van der Waals surface area (Å²) in [6.07, 6.45) is 1.55. The predicted molar refractivity (Wildman–Crippen MR) is 101 cm³/mol. The van der Waals surface area contributed by atoms with Crippen LogP contribution in [0.5, 0.6) is 0 Å². The fraction of sp³-hybridized carbons (Fsp3) is 0.150. The van der Waals surface area contributed by atoms with Gasteiger partial charge in [-0.3, -0.25) is 4.79 Å². The SMILES string of the molecule is CCN(c1ccccc1)c1cc(Nc2ccc(C(C)=O)cc2)ncn1. The van der Waals surface area contributed by atoms with Crippen molar-refractivity contribution in [3.63, 3.8) is 0 Å². The van der Waals surface area contributed by atoms with Crippen LogP contribution in [0.15, 0.2) is 67.0 Å². The molecule has 5 heteroatoms. The summed E-state index contributed by atoms with van der Waals surface area (Å²) in [6, 6.07) is 19.4. The first kappa shape index (κ1) is 16.6. The minimum absolute atomic E-state index is 0.0531. The molecule has 0 bridgehead atoms. The number of Topliss-reactive ketones (excluding diaryl/α,β-unsaturated/α-hetero) is 1. The molecule has 0 atom stereocenters. The standard InChI is InChI=1S/C20H20N4O/c1-3-24(18-7-5-4-6-8-18)20-13-19(21-14-22-20)23-17-11-9-16(10-12-17)15(2)25/h4-14H,3H2,1-2H3,(H,21,22,23). The molecule has 0 aliphatic rings. The molecule has 0 aliphatic heterocycles. The van der Waals surface area contributed by atoms with Gasteiger partial charge in [0.15, 0.2) is 5.78 Å². The number of hydrogen-bond acceptors (Lipinski definition) is 5. The number of rotatable bonds is 6. The molecule has 3 rings (SSSR count). The highest BCUT2D eigenvalue weighted by Gasteiger charge is 2.09. The minimum atomic E-state index is 0.0531. The van der Waals surface area contributed by atoms with Crippen LogP contribution in [-0.2, 0) is 0 Å². The maximum Gasteiger partial charge on any atom is 0.159 e. The van der Waals surface area contributed by atoms with Gasteiger partial charge >= 0.3 is 0 Å². The number of nitrogens with zero attached hydrogens (tertiary/aromatic N) is 3. The molecule has 0 saturated heterocycles. The molecule has 1 N–H and O–H groups in total. The van der Waals surface area contributed by atoms with Gasteiger partial charge in [0.1, 0.15) is 18.0 Å². The molecule has 1 aromatic heterocycles. The summed E-state index contributed by atoms with van der Waals surface area (Å²) in [5, 5.41) is 3.25. The molecule has 0 aliphatic carbocycles. The Balaban J connectivity index is 1.82. The van der Waals surface area contributed by atoms with Gasteiger partial charge in [-0.2, -0.15) is 0 Å². The van der Waals surface area contributed by atoms with Crippen molar-refractivity contribution in [2.75, 3.05) is 16.8 Å². The molecule has 0 fully saturated rings. The number of aromatic nitrogens is 2. The van der Waals surface area contributed by atoms with Crippen LogP contribution in [-0.4, -0.2) is 22.3 Å². The largest absolute Gasteiger partial charge is 0.340 e. The summed E-state index contributed by atoms with van der Waals surface area (Å²) in [4.78, 5) is 22.2. The van der Waals surface area contributed by atoms with E-state index in [1.54, 1.807) is 25.4 Å². The summed E-state index contributed by atoms with van der Waals surface area (Å²) < 4.78 is 0. The lowest BCUT2D eigenvalue weighted by Crippen LogP contribution is -2.17. The van der Waals surface area contributed by atoms with Crippen LogP contribution in [0.2, 0.25) is 0 Å². The second-order valence-corrected chi connectivity index (χ2v) is 5.60. The van der Waals surface area contributed by atoms with Crippen LogP contribution in [0.25, 0.3) is 0 Å². The normalized spacial score (nSPS) is 10.3. The lowest BCUT2D eigenvalue weighted by atomic mass is 10.1. The smallest absolute Gasteiger partial charge is 0.159 e. The van der Waals surface area contributed by atoms with Gasteiger partial charge in [0.05, 0.1) is 0 Å². The van der Waals surface area contributed by atoms with E-state index in [-0.39, 0.29) is 5.78 Å². The Morgan fingerprint density at radius 1 is 1.04 bits per heavy atom. The summed E-state index contributed by atoms with van der Waals surface area (Å²) in [7, 11) is 0. The fourth-order valence-corrected chi connectivity index (χ4v) is 2.58. The van der Waals surface area contributed by atoms with E-state index < -0.39 is 0 Å². The monoisotopic (exact) mass is 332 g/mol. The molecule has 5 nitrogen and oxygen atoms in total. The third-order valence-corrected chi connectivity index (χ3v) is 3.88. The molecule has 25 heavy (non-hydrogen) atoms. The summed E-state index contributed by atoms with van der Waals surface area (Å²) >= 11 is 0. The van der Waals surface area contributed by atoms with Crippen LogP contribution < -0.4 is 10.2 Å². The number of anilines is 4. The molecule has 1 heterocycles. The van der Waals surface area contributed by atoms with E-state index in [0.29, 0.717) is 11.4 Å². The van der Waals surface area contributed by atoms with Gasteiger partial charge in [-0.15, -0.1) is 0 Å². The van der Waals surface area contributed by atoms with Crippen molar-refractivity contribution in [2.45, 2.75) is 13.8 Å². The molecule has 3 aromatic rings. The number of carbonyl (C=O) groups is 1. The van der Waals surface area contributed by atoms with Crippen LogP contribution in [0.3, 0.4) is 0 Å². The van der Waals surface area contributed by atoms with E-state index in [2.05, 4.69) is 39.2 Å². The Kier molecular flexibility index (Phi) is 5.04. The van der Waals surface area contributed by atoms with Crippen molar-refractivity contribution in [2.24, 2.45) is 0 Å². The number of carbonyl (C=O) groups excluding carboxylic acids is 1. The van der Waals surface area contributed by atoms with Crippen LogP contribution in [0.1, 0.15) is 24.2 Å². The Morgan fingerprint density at radius 2 is 1.76 bits per heavy atom. The average molecular weight is 332 g/mol. The average Bonchev–Trinajstić information content (AvgIpc) is 2.64. The molecular formula is C20H20N4O. The summed E-state index contributed by atoms with van der Waals surface area (Å²) in [5.41, 5.74) is 2.65. The Hall–Kier alpha value is -3.21. The Morgan fingerprint density at radius 3 is 2.40 bits per heavy atom. The van der Waals surface area contributed by atoms with E-state index in [9.17, 15) is 4.79 Å². The lowest BCUT2D eigenvalue weighted by molar-refractivity contribution is 0.101. The zero-order chi connectivity index (χ0) is 17.6. The van der Waals surface area contributed by atoms with Gasteiger partial charge in [0.2, 0.25) is 0 Å². The highest BCUT2D eigenvalue weighted by atomic mass is 16.1. The predicted octanol–water partition coefficient (Wildman–Crippen LogP) is 4.58. The highest BCUT2D eigenvalue weighted by molar-refractivity contribution is 5.94. The van der Waals surface area contributed by atoms with Gasteiger partial charge in [0, 0.05) is 29.5 Å². The minimum Gasteiger partial charge on any atom is -0.340 e. The Bertz CT molecular complexity index is 847. The van der Waals surface area contributed by atoms with Crippen molar-refractivity contribution in [3.05, 3.63) is 72.6 Å². The van der Waals surface area contributed by atoms with Crippen LogP contribution in [0.4, 0.5) is 23.0 Å². The van der Waals surface area contributed by atoms with Crippen molar-refractivity contribution in [3.8, 4) is 0 Å². The summed E-state index contributed by atoms with van der Waals surface area (Å²) in [5.74, 6) is 1.58. The van der Waals surface area contributed by atoms with Crippen molar-refractivity contribution < 1.29 is 4.79 Å². The van der Waals surface area contributed by atoms with Crippen molar-refractivity contribution in [1.82, 2.24) is 9.97 Å². The van der Waals surface area contributed by atoms with Crippen molar-refractivity contribution in [1.29, 1.82) is 0 Å². The first-order valence-corrected chi connectivity index (χ1v) is 8.20. The molecule has 2 aromatic carbocycles. The molecule has 0 amide bonds. The molecule has 126 valence electrons. The first-order valence-electron chi connectivity index (χ1n) is 8.20. The second-order valence-electron chi connectivity index (χ2n) is 5.60. The molecule has 0 saturated carbocycles. The third kappa shape index (κ3) is 4.01. The number of benzene rings is 2. The van der Waals surface area contributed by atoms with E-state index >= 15 is 0 Å². The zero-order valence-electron chi connectivity index (χ0n) is 14.3. The molecule has 0 radical (unpaired) electrons. The third-order valence-electron chi connectivity index (χ3n) is 3.88. The van der Waals surface area contributed by atoms with E-state index in [1.165, 1.54) is 0 Å².